The Balaban J connectivity index is 2.07. The summed E-state index contributed by atoms with van der Waals surface area (Å²) in [5, 5.41) is 30.6. The van der Waals surface area contributed by atoms with Crippen molar-refractivity contribution in [3.8, 4) is 0 Å². The molecule has 0 aliphatic rings. The molecule has 0 radical (unpaired) electrons. The van der Waals surface area contributed by atoms with Crippen molar-refractivity contribution in [3.05, 3.63) is 39.9 Å². The van der Waals surface area contributed by atoms with E-state index in [1.807, 2.05) is 0 Å². The minimum absolute atomic E-state index is 0.0187. The zero-order valence-electron chi connectivity index (χ0n) is 15.6. The maximum absolute atomic E-state index is 12.5. The fourth-order valence-corrected chi connectivity index (χ4v) is 2.55. The first-order valence-electron chi connectivity index (χ1n) is 8.26. The zero-order valence-corrected chi connectivity index (χ0v) is 15.6. The van der Waals surface area contributed by atoms with Crippen LogP contribution in [0.1, 0.15) is 25.6 Å². The van der Waals surface area contributed by atoms with Gasteiger partial charge in [0.25, 0.3) is 5.69 Å². The number of nitrogen functional groups attached to an aromatic ring is 1. The van der Waals surface area contributed by atoms with Gasteiger partial charge in [0.05, 0.1) is 4.92 Å². The molecule has 0 aliphatic carbocycles. The van der Waals surface area contributed by atoms with Crippen LogP contribution in [0, 0.1) is 10.1 Å². The highest BCUT2D eigenvalue weighted by molar-refractivity contribution is 5.94. The van der Waals surface area contributed by atoms with Crippen LogP contribution in [0.4, 0.5) is 29.0 Å². The summed E-state index contributed by atoms with van der Waals surface area (Å²) in [5.41, 5.74) is 5.97. The first-order valence-corrected chi connectivity index (χ1v) is 8.26. The van der Waals surface area contributed by atoms with Gasteiger partial charge in [-0.1, -0.05) is 0 Å². The van der Waals surface area contributed by atoms with Crippen LogP contribution in [-0.4, -0.2) is 37.4 Å². The maximum atomic E-state index is 12.5. The molecule has 0 spiro atoms. The number of hydrogen-bond donors (Lipinski definition) is 3. The highest BCUT2D eigenvalue weighted by Crippen LogP contribution is 2.32. The number of amides is 2. The average molecular weight is 417 g/mol. The van der Waals surface area contributed by atoms with Gasteiger partial charge in [0, 0.05) is 26.0 Å². The molecule has 30 heavy (non-hydrogen) atoms. The zero-order chi connectivity index (χ0) is 21.8. The summed E-state index contributed by atoms with van der Waals surface area (Å²) in [6, 6.07) is 5.34. The van der Waals surface area contributed by atoms with E-state index in [2.05, 4.69) is 40.5 Å². The van der Waals surface area contributed by atoms with Gasteiger partial charge < -0.3 is 16.4 Å². The molecule has 0 unspecified atom stereocenters. The van der Waals surface area contributed by atoms with E-state index >= 15 is 0 Å². The summed E-state index contributed by atoms with van der Waals surface area (Å²) in [5.74, 6) is -1.28. The average Bonchev–Trinajstić information content (AvgIpc) is 3.30. The number of benzene rings is 1. The lowest BCUT2D eigenvalue weighted by Gasteiger charge is -2.29. The minimum Gasteiger partial charge on any atom is -0.378 e. The van der Waals surface area contributed by atoms with E-state index < -0.39 is 22.9 Å². The molecule has 0 aliphatic heterocycles. The molecule has 2 aromatic heterocycles. The topological polar surface area (TPSA) is 208 Å². The number of nitro groups is 1. The molecule has 1 atom stereocenters. The van der Waals surface area contributed by atoms with Crippen LogP contribution in [0.25, 0.3) is 0 Å². The number of aromatic nitrogens is 4. The standard InChI is InChI=1S/C15H15N9O6/c1-7(25)17-12-13(21-30-20-12)18-14(9-3-5-10(6-4-9)24(27)28)23(8(2)26)15-11(16)19-29-22-15/h3-6,14H,1-2H3,(H2,16,19)(H,18,21)(H,17,20,25)/t14-/m1/s1. The second kappa shape index (κ2) is 8.21. The summed E-state index contributed by atoms with van der Waals surface area (Å²) < 4.78 is 9.23. The number of rotatable bonds is 7. The van der Waals surface area contributed by atoms with E-state index in [0.717, 1.165) is 4.90 Å². The summed E-state index contributed by atoms with van der Waals surface area (Å²) in [6.45, 7) is 2.50. The highest BCUT2D eigenvalue weighted by atomic mass is 16.6. The lowest BCUT2D eigenvalue weighted by Crippen LogP contribution is -2.38. The number of carbonyl (C=O) groups excluding carboxylic acids is 2. The third kappa shape index (κ3) is 4.13. The molecule has 156 valence electrons. The molecule has 0 saturated carbocycles. The van der Waals surface area contributed by atoms with Crippen LogP contribution in [-0.2, 0) is 9.59 Å². The van der Waals surface area contributed by atoms with Crippen molar-refractivity contribution in [1.29, 1.82) is 0 Å². The van der Waals surface area contributed by atoms with Crippen LogP contribution in [0.2, 0.25) is 0 Å². The number of hydrogen-bond acceptors (Lipinski definition) is 12. The predicted octanol–water partition coefficient (Wildman–Crippen LogP) is 1.07. The van der Waals surface area contributed by atoms with Crippen molar-refractivity contribution in [2.24, 2.45) is 0 Å². The van der Waals surface area contributed by atoms with Crippen LogP contribution >= 0.6 is 0 Å². The first kappa shape index (κ1) is 20.2. The van der Waals surface area contributed by atoms with Crippen molar-refractivity contribution in [3.63, 3.8) is 0 Å². The molecule has 1 aromatic carbocycles. The molecular weight excluding hydrogens is 402 g/mol. The maximum Gasteiger partial charge on any atom is 0.269 e. The number of carbonyl (C=O) groups is 2. The largest absolute Gasteiger partial charge is 0.378 e. The Bertz CT molecular complexity index is 1080. The number of nitrogens with one attached hydrogen (secondary N) is 2. The van der Waals surface area contributed by atoms with E-state index in [1.165, 1.54) is 38.1 Å². The lowest BCUT2D eigenvalue weighted by molar-refractivity contribution is -0.384. The normalized spacial score (nSPS) is 11.5. The van der Waals surface area contributed by atoms with Crippen LogP contribution in [0.5, 0.6) is 0 Å². The number of anilines is 4. The molecule has 15 heteroatoms. The summed E-state index contributed by atoms with van der Waals surface area (Å²) in [6.07, 6.45) is -1.06. The number of nitro benzene ring substituents is 1. The van der Waals surface area contributed by atoms with Gasteiger partial charge in [-0.2, -0.15) is 0 Å². The Labute approximate surface area is 167 Å². The summed E-state index contributed by atoms with van der Waals surface area (Å²) in [4.78, 5) is 35.3. The molecule has 2 heterocycles. The minimum atomic E-state index is -1.06. The molecule has 3 aromatic rings. The number of nitrogens with two attached hydrogens (primary N) is 1. The Morgan fingerprint density at radius 3 is 2.27 bits per heavy atom. The molecule has 0 fully saturated rings. The van der Waals surface area contributed by atoms with E-state index in [4.69, 9.17) is 5.73 Å². The molecule has 15 nitrogen and oxygen atoms in total. The smallest absolute Gasteiger partial charge is 0.269 e. The molecule has 0 saturated heterocycles. The van der Waals surface area contributed by atoms with E-state index in [1.54, 1.807) is 0 Å². The summed E-state index contributed by atoms with van der Waals surface area (Å²) in [7, 11) is 0. The van der Waals surface area contributed by atoms with E-state index in [-0.39, 0.29) is 29.0 Å². The molecular formula is C15H15N9O6. The van der Waals surface area contributed by atoms with Gasteiger partial charge in [0.1, 0.15) is 6.17 Å². The summed E-state index contributed by atoms with van der Waals surface area (Å²) >= 11 is 0. The van der Waals surface area contributed by atoms with Gasteiger partial charge in [-0.15, -0.1) is 0 Å². The third-order valence-corrected chi connectivity index (χ3v) is 3.80. The van der Waals surface area contributed by atoms with Gasteiger partial charge in [0.2, 0.25) is 35.1 Å². The van der Waals surface area contributed by atoms with Crippen LogP contribution in [0.15, 0.2) is 33.5 Å². The molecule has 3 rings (SSSR count). The van der Waals surface area contributed by atoms with Crippen molar-refractivity contribution >= 4 is 40.8 Å². The SMILES string of the molecule is CC(=O)Nc1nonc1N[C@@H](c1ccc([N+](=O)[O-])cc1)N(C(C)=O)c1nonc1N. The van der Waals surface area contributed by atoms with Crippen molar-refractivity contribution in [2.45, 2.75) is 20.0 Å². The third-order valence-electron chi connectivity index (χ3n) is 3.80. The van der Waals surface area contributed by atoms with Crippen molar-refractivity contribution in [1.82, 2.24) is 20.6 Å². The fourth-order valence-electron chi connectivity index (χ4n) is 2.55. The Hall–Kier alpha value is -4.56. The molecule has 0 bridgehead atoms. The van der Waals surface area contributed by atoms with Gasteiger partial charge in [-0.25, -0.2) is 9.26 Å². The van der Waals surface area contributed by atoms with E-state index in [0.29, 0.717) is 5.56 Å². The predicted molar refractivity (Wildman–Crippen MR) is 99.9 cm³/mol. The fraction of sp³-hybridized carbons (Fsp3) is 0.200. The van der Waals surface area contributed by atoms with Crippen LogP contribution < -0.4 is 21.3 Å². The van der Waals surface area contributed by atoms with Gasteiger partial charge in [-0.05, 0) is 38.3 Å². The van der Waals surface area contributed by atoms with E-state index in [9.17, 15) is 19.7 Å². The Kier molecular flexibility index (Phi) is 5.52. The Morgan fingerprint density at radius 2 is 1.73 bits per heavy atom. The lowest BCUT2D eigenvalue weighted by atomic mass is 10.1. The van der Waals surface area contributed by atoms with Gasteiger partial charge >= 0.3 is 0 Å². The molecule has 2 amide bonds. The Morgan fingerprint density at radius 1 is 1.10 bits per heavy atom. The second-order valence-electron chi connectivity index (χ2n) is 5.90. The van der Waals surface area contributed by atoms with Gasteiger partial charge in [0.15, 0.2) is 0 Å². The van der Waals surface area contributed by atoms with Crippen LogP contribution in [0.3, 0.4) is 0 Å². The van der Waals surface area contributed by atoms with Crippen molar-refractivity contribution in [2.75, 3.05) is 21.3 Å². The number of nitrogens with zero attached hydrogens (tertiary/aromatic N) is 6. The van der Waals surface area contributed by atoms with Crippen molar-refractivity contribution < 1.29 is 23.8 Å². The first-order chi connectivity index (χ1) is 14.3. The quantitative estimate of drug-likeness (QED) is 0.280. The highest BCUT2D eigenvalue weighted by Gasteiger charge is 2.31. The monoisotopic (exact) mass is 417 g/mol. The number of non-ortho nitro benzene ring substituents is 1. The molecule has 4 N–H and O–H groups in total. The van der Waals surface area contributed by atoms with Gasteiger partial charge in [-0.3, -0.25) is 24.6 Å². The second-order valence-corrected chi connectivity index (χ2v) is 5.90.